The standard InChI is InChI=1S/C8H11NO3/c1-10-6-4-9-5-7(11-2)8(6)12-3/h4-5H,1-3H3. The van der Waals surface area contributed by atoms with Gasteiger partial charge in [0.25, 0.3) is 0 Å². The van der Waals surface area contributed by atoms with Crippen molar-refractivity contribution in [3.8, 4) is 17.2 Å². The van der Waals surface area contributed by atoms with Crippen molar-refractivity contribution >= 4 is 0 Å². The number of hydrogen-bond acceptors (Lipinski definition) is 4. The predicted molar refractivity (Wildman–Crippen MR) is 43.9 cm³/mol. The zero-order chi connectivity index (χ0) is 8.97. The number of pyridine rings is 1. The minimum atomic E-state index is 0.565. The van der Waals surface area contributed by atoms with Crippen molar-refractivity contribution in [2.45, 2.75) is 0 Å². The number of ether oxygens (including phenoxy) is 3. The molecule has 0 aliphatic heterocycles. The van der Waals surface area contributed by atoms with Crippen LogP contribution in [0.3, 0.4) is 0 Å². The summed E-state index contributed by atoms with van der Waals surface area (Å²) in [5.41, 5.74) is 0. The molecular formula is C8H11NO3. The molecule has 0 aliphatic rings. The van der Waals surface area contributed by atoms with Crippen LogP contribution in [0.2, 0.25) is 0 Å². The molecule has 0 aliphatic carbocycles. The summed E-state index contributed by atoms with van der Waals surface area (Å²) in [7, 11) is 4.66. The van der Waals surface area contributed by atoms with Gasteiger partial charge in [0.2, 0.25) is 5.75 Å². The van der Waals surface area contributed by atoms with Crippen molar-refractivity contribution in [3.05, 3.63) is 12.4 Å². The molecular weight excluding hydrogens is 158 g/mol. The van der Waals surface area contributed by atoms with Gasteiger partial charge in [0.1, 0.15) is 0 Å². The van der Waals surface area contributed by atoms with Crippen LogP contribution in [0.5, 0.6) is 17.2 Å². The predicted octanol–water partition coefficient (Wildman–Crippen LogP) is 1.11. The zero-order valence-electron chi connectivity index (χ0n) is 7.33. The molecule has 0 radical (unpaired) electrons. The molecule has 1 heterocycles. The number of hydrogen-bond donors (Lipinski definition) is 0. The van der Waals surface area contributed by atoms with Gasteiger partial charge in [-0.15, -0.1) is 0 Å². The van der Waals surface area contributed by atoms with Gasteiger partial charge < -0.3 is 14.2 Å². The van der Waals surface area contributed by atoms with Gasteiger partial charge in [-0.1, -0.05) is 0 Å². The molecule has 1 rings (SSSR count). The van der Waals surface area contributed by atoms with Gasteiger partial charge >= 0.3 is 0 Å². The smallest absolute Gasteiger partial charge is 0.206 e. The third kappa shape index (κ3) is 1.42. The van der Waals surface area contributed by atoms with E-state index >= 15 is 0 Å². The SMILES string of the molecule is COc1cncc(OC)c1OC. The lowest BCUT2D eigenvalue weighted by atomic mass is 10.4. The highest BCUT2D eigenvalue weighted by Crippen LogP contribution is 2.34. The molecule has 66 valence electrons. The molecule has 1 aromatic rings. The van der Waals surface area contributed by atoms with E-state index in [1.807, 2.05) is 0 Å². The van der Waals surface area contributed by atoms with Gasteiger partial charge in [-0.05, 0) is 0 Å². The van der Waals surface area contributed by atoms with Gasteiger partial charge in [0.15, 0.2) is 11.5 Å². The molecule has 0 spiro atoms. The Hall–Kier alpha value is -1.45. The first-order chi connectivity index (χ1) is 5.83. The highest BCUT2D eigenvalue weighted by atomic mass is 16.5. The van der Waals surface area contributed by atoms with E-state index in [0.29, 0.717) is 17.2 Å². The van der Waals surface area contributed by atoms with Crippen molar-refractivity contribution < 1.29 is 14.2 Å². The maximum atomic E-state index is 5.07. The molecule has 1 aromatic heterocycles. The summed E-state index contributed by atoms with van der Waals surface area (Å²) in [5.74, 6) is 1.70. The van der Waals surface area contributed by atoms with Crippen LogP contribution in [0, 0.1) is 0 Å². The Bertz CT molecular complexity index is 240. The van der Waals surface area contributed by atoms with Crippen molar-refractivity contribution in [3.63, 3.8) is 0 Å². The molecule has 0 aromatic carbocycles. The van der Waals surface area contributed by atoms with E-state index in [4.69, 9.17) is 14.2 Å². The summed E-state index contributed by atoms with van der Waals surface area (Å²) >= 11 is 0. The summed E-state index contributed by atoms with van der Waals surface area (Å²) in [6, 6.07) is 0. The van der Waals surface area contributed by atoms with E-state index < -0.39 is 0 Å². The quantitative estimate of drug-likeness (QED) is 0.679. The molecule has 0 saturated heterocycles. The van der Waals surface area contributed by atoms with Crippen LogP contribution in [0.25, 0.3) is 0 Å². The van der Waals surface area contributed by atoms with Gasteiger partial charge in [0, 0.05) is 0 Å². The molecule has 0 atom stereocenters. The average molecular weight is 169 g/mol. The average Bonchev–Trinajstić information content (AvgIpc) is 2.16. The number of nitrogens with zero attached hydrogens (tertiary/aromatic N) is 1. The Morgan fingerprint density at radius 2 is 1.42 bits per heavy atom. The summed E-state index contributed by atoms with van der Waals surface area (Å²) in [6.45, 7) is 0. The molecule has 0 N–H and O–H groups in total. The first-order valence-electron chi connectivity index (χ1n) is 3.43. The van der Waals surface area contributed by atoms with Crippen LogP contribution >= 0.6 is 0 Å². The Balaban J connectivity index is 3.13. The first kappa shape index (κ1) is 8.64. The van der Waals surface area contributed by atoms with Gasteiger partial charge in [-0.25, -0.2) is 0 Å². The summed E-state index contributed by atoms with van der Waals surface area (Å²) in [4.78, 5) is 3.90. The fourth-order valence-electron chi connectivity index (χ4n) is 0.903. The number of methoxy groups -OCH3 is 3. The topological polar surface area (TPSA) is 40.6 Å². The summed E-state index contributed by atoms with van der Waals surface area (Å²) in [5, 5.41) is 0. The van der Waals surface area contributed by atoms with E-state index in [9.17, 15) is 0 Å². The highest BCUT2D eigenvalue weighted by molar-refractivity contribution is 5.48. The fourth-order valence-corrected chi connectivity index (χ4v) is 0.903. The van der Waals surface area contributed by atoms with Crippen molar-refractivity contribution in [1.29, 1.82) is 0 Å². The van der Waals surface area contributed by atoms with Crippen LogP contribution in [0.15, 0.2) is 12.4 Å². The van der Waals surface area contributed by atoms with E-state index in [1.54, 1.807) is 33.7 Å². The Morgan fingerprint density at radius 1 is 0.917 bits per heavy atom. The molecule has 4 nitrogen and oxygen atoms in total. The highest BCUT2D eigenvalue weighted by Gasteiger charge is 2.09. The summed E-state index contributed by atoms with van der Waals surface area (Å²) < 4.78 is 15.1. The third-order valence-electron chi connectivity index (χ3n) is 1.48. The van der Waals surface area contributed by atoms with Crippen LogP contribution in [0.1, 0.15) is 0 Å². The lowest BCUT2D eigenvalue weighted by Gasteiger charge is -2.09. The minimum absolute atomic E-state index is 0.565. The Morgan fingerprint density at radius 3 is 1.75 bits per heavy atom. The molecule has 0 unspecified atom stereocenters. The molecule has 0 amide bonds. The van der Waals surface area contributed by atoms with Crippen molar-refractivity contribution in [2.75, 3.05) is 21.3 Å². The zero-order valence-corrected chi connectivity index (χ0v) is 7.33. The van der Waals surface area contributed by atoms with Crippen LogP contribution in [-0.2, 0) is 0 Å². The largest absolute Gasteiger partial charge is 0.491 e. The lowest BCUT2D eigenvalue weighted by Crippen LogP contribution is -1.95. The van der Waals surface area contributed by atoms with Gasteiger partial charge in [-0.2, -0.15) is 0 Å². The van der Waals surface area contributed by atoms with Gasteiger partial charge in [-0.3, -0.25) is 4.98 Å². The summed E-state index contributed by atoms with van der Waals surface area (Å²) in [6.07, 6.45) is 3.14. The lowest BCUT2D eigenvalue weighted by molar-refractivity contribution is 0.322. The molecule has 0 fully saturated rings. The Labute approximate surface area is 71.1 Å². The van der Waals surface area contributed by atoms with E-state index in [2.05, 4.69) is 4.98 Å². The van der Waals surface area contributed by atoms with Crippen LogP contribution in [-0.4, -0.2) is 26.3 Å². The van der Waals surface area contributed by atoms with Crippen molar-refractivity contribution in [2.24, 2.45) is 0 Å². The van der Waals surface area contributed by atoms with Crippen molar-refractivity contribution in [1.82, 2.24) is 4.98 Å². The molecule has 0 saturated carbocycles. The first-order valence-corrected chi connectivity index (χ1v) is 3.43. The van der Waals surface area contributed by atoms with Crippen LogP contribution in [0.4, 0.5) is 0 Å². The second kappa shape index (κ2) is 3.80. The van der Waals surface area contributed by atoms with E-state index in [-0.39, 0.29) is 0 Å². The normalized spacial score (nSPS) is 9.25. The molecule has 4 heteroatoms. The Kier molecular flexibility index (Phi) is 2.74. The van der Waals surface area contributed by atoms with Gasteiger partial charge in [0.05, 0.1) is 33.7 Å². The maximum Gasteiger partial charge on any atom is 0.206 e. The third-order valence-corrected chi connectivity index (χ3v) is 1.48. The number of aromatic nitrogens is 1. The van der Waals surface area contributed by atoms with Crippen LogP contribution < -0.4 is 14.2 Å². The maximum absolute atomic E-state index is 5.07. The second-order valence-corrected chi connectivity index (χ2v) is 2.08. The fraction of sp³-hybridized carbons (Fsp3) is 0.375. The monoisotopic (exact) mass is 169 g/mol. The van der Waals surface area contributed by atoms with E-state index in [1.165, 1.54) is 0 Å². The number of rotatable bonds is 3. The molecule has 0 bridgehead atoms. The van der Waals surface area contributed by atoms with E-state index in [0.717, 1.165) is 0 Å². The molecule has 12 heavy (non-hydrogen) atoms. The second-order valence-electron chi connectivity index (χ2n) is 2.08. The minimum Gasteiger partial charge on any atom is -0.491 e.